The molecule has 0 saturated heterocycles. The summed E-state index contributed by atoms with van der Waals surface area (Å²) in [4.78, 5) is 23.8. The SMILES string of the molecule is Cc1cc(Cn2c(C)cc(OCc3ccc(F)cc3F)c(Br)c2=O)oc1C(=O)O. The van der Waals surface area contributed by atoms with Gasteiger partial charge in [0.15, 0.2) is 0 Å². The molecule has 0 bridgehead atoms. The normalized spacial score (nSPS) is 10.9. The molecule has 3 aromatic rings. The molecule has 0 atom stereocenters. The number of aromatic nitrogens is 1. The topological polar surface area (TPSA) is 81.7 Å². The maximum atomic E-state index is 13.8. The molecule has 1 N–H and O–H groups in total. The summed E-state index contributed by atoms with van der Waals surface area (Å²) in [7, 11) is 0. The standard InChI is InChI=1S/C20H16BrF2NO5/c1-10-5-14(29-18(10)20(26)27)8-24-11(2)6-16(17(21)19(24)25)28-9-12-3-4-13(22)7-15(12)23/h3-7H,8-9H2,1-2H3,(H,26,27). The predicted molar refractivity (Wildman–Crippen MR) is 103 cm³/mol. The van der Waals surface area contributed by atoms with Gasteiger partial charge in [-0.05, 0) is 48.0 Å². The first-order chi connectivity index (χ1) is 13.7. The van der Waals surface area contributed by atoms with Crippen molar-refractivity contribution in [3.8, 4) is 5.75 Å². The monoisotopic (exact) mass is 467 g/mol. The van der Waals surface area contributed by atoms with Crippen molar-refractivity contribution in [2.45, 2.75) is 27.0 Å². The van der Waals surface area contributed by atoms with Gasteiger partial charge in [-0.1, -0.05) is 0 Å². The first-order valence-electron chi connectivity index (χ1n) is 8.46. The smallest absolute Gasteiger partial charge is 0.372 e. The molecule has 2 aromatic heterocycles. The van der Waals surface area contributed by atoms with E-state index in [2.05, 4.69) is 15.9 Å². The van der Waals surface area contributed by atoms with Crippen molar-refractivity contribution in [1.29, 1.82) is 0 Å². The summed E-state index contributed by atoms with van der Waals surface area (Å²) >= 11 is 3.19. The molecular formula is C20H16BrF2NO5. The van der Waals surface area contributed by atoms with Gasteiger partial charge < -0.3 is 18.8 Å². The zero-order valence-electron chi connectivity index (χ0n) is 15.5. The van der Waals surface area contributed by atoms with Gasteiger partial charge in [-0.2, -0.15) is 0 Å². The lowest BCUT2D eigenvalue weighted by atomic mass is 10.2. The maximum absolute atomic E-state index is 13.8. The van der Waals surface area contributed by atoms with E-state index in [1.165, 1.54) is 10.6 Å². The number of hydrogen-bond acceptors (Lipinski definition) is 4. The minimum Gasteiger partial charge on any atom is -0.487 e. The summed E-state index contributed by atoms with van der Waals surface area (Å²) in [5.41, 5.74) is 0.704. The third-order valence-corrected chi connectivity index (χ3v) is 5.02. The Morgan fingerprint density at radius 1 is 1.24 bits per heavy atom. The van der Waals surface area contributed by atoms with Crippen LogP contribution in [0.3, 0.4) is 0 Å². The molecule has 0 aliphatic rings. The molecule has 1 aromatic carbocycles. The third-order valence-electron chi connectivity index (χ3n) is 4.29. The Labute approximate surface area is 172 Å². The van der Waals surface area contributed by atoms with E-state index < -0.39 is 23.2 Å². The van der Waals surface area contributed by atoms with Crippen molar-refractivity contribution in [2.75, 3.05) is 0 Å². The summed E-state index contributed by atoms with van der Waals surface area (Å²) < 4.78 is 39.1. The number of pyridine rings is 1. The number of furan rings is 1. The average Bonchev–Trinajstić information content (AvgIpc) is 3.02. The molecule has 0 aliphatic carbocycles. The molecular weight excluding hydrogens is 452 g/mol. The highest BCUT2D eigenvalue weighted by atomic mass is 79.9. The van der Waals surface area contributed by atoms with Crippen LogP contribution >= 0.6 is 15.9 Å². The Balaban J connectivity index is 1.85. The van der Waals surface area contributed by atoms with Crippen molar-refractivity contribution < 1.29 is 27.8 Å². The van der Waals surface area contributed by atoms with Crippen molar-refractivity contribution in [1.82, 2.24) is 4.57 Å². The lowest BCUT2D eigenvalue weighted by molar-refractivity contribution is 0.0659. The van der Waals surface area contributed by atoms with E-state index in [0.717, 1.165) is 12.1 Å². The van der Waals surface area contributed by atoms with Gasteiger partial charge >= 0.3 is 5.97 Å². The molecule has 0 saturated carbocycles. The zero-order chi connectivity index (χ0) is 21.3. The van der Waals surface area contributed by atoms with Crippen LogP contribution in [0.15, 0.2) is 44.0 Å². The number of carbonyl (C=O) groups is 1. The van der Waals surface area contributed by atoms with E-state index in [9.17, 15) is 18.4 Å². The van der Waals surface area contributed by atoms with Crippen LogP contribution in [0.2, 0.25) is 0 Å². The summed E-state index contributed by atoms with van der Waals surface area (Å²) in [5, 5.41) is 9.09. The van der Waals surface area contributed by atoms with E-state index in [-0.39, 0.29) is 34.7 Å². The number of carboxylic acids is 1. The van der Waals surface area contributed by atoms with E-state index in [4.69, 9.17) is 14.3 Å². The fraction of sp³-hybridized carbons (Fsp3) is 0.200. The first kappa shape index (κ1) is 20.8. The number of benzene rings is 1. The Morgan fingerprint density at radius 2 is 1.97 bits per heavy atom. The number of carboxylic acid groups (broad SMARTS) is 1. The second kappa shape index (κ2) is 8.20. The maximum Gasteiger partial charge on any atom is 0.372 e. The molecule has 2 heterocycles. The van der Waals surface area contributed by atoms with Crippen LogP contribution in [0.5, 0.6) is 5.75 Å². The van der Waals surface area contributed by atoms with Crippen LogP contribution < -0.4 is 10.3 Å². The molecule has 6 nitrogen and oxygen atoms in total. The molecule has 0 amide bonds. The second-order valence-corrected chi connectivity index (χ2v) is 7.20. The largest absolute Gasteiger partial charge is 0.487 e. The third kappa shape index (κ3) is 4.40. The number of aryl methyl sites for hydroxylation is 2. The number of halogens is 3. The van der Waals surface area contributed by atoms with Gasteiger partial charge in [0.2, 0.25) is 5.76 Å². The van der Waals surface area contributed by atoms with Gasteiger partial charge in [0, 0.05) is 29.0 Å². The van der Waals surface area contributed by atoms with Crippen LogP contribution in [0.25, 0.3) is 0 Å². The van der Waals surface area contributed by atoms with Gasteiger partial charge in [0.25, 0.3) is 5.56 Å². The number of rotatable bonds is 6. The Kier molecular flexibility index (Phi) is 5.88. The highest BCUT2D eigenvalue weighted by Crippen LogP contribution is 2.25. The van der Waals surface area contributed by atoms with E-state index in [1.807, 2.05) is 0 Å². The molecule has 3 rings (SSSR count). The highest BCUT2D eigenvalue weighted by Gasteiger charge is 2.18. The second-order valence-electron chi connectivity index (χ2n) is 6.41. The summed E-state index contributed by atoms with van der Waals surface area (Å²) in [6, 6.07) is 6.29. The average molecular weight is 468 g/mol. The van der Waals surface area contributed by atoms with Crippen LogP contribution in [0, 0.1) is 25.5 Å². The minimum absolute atomic E-state index is 0.0320. The van der Waals surface area contributed by atoms with Crippen molar-refractivity contribution in [3.05, 3.63) is 85.1 Å². The minimum atomic E-state index is -1.18. The predicted octanol–water partition coefficient (Wildman–Crippen LogP) is 4.42. The first-order valence-corrected chi connectivity index (χ1v) is 9.26. The van der Waals surface area contributed by atoms with E-state index in [1.54, 1.807) is 26.0 Å². The number of ether oxygens (including phenoxy) is 1. The van der Waals surface area contributed by atoms with Crippen LogP contribution in [-0.4, -0.2) is 15.6 Å². The van der Waals surface area contributed by atoms with Crippen molar-refractivity contribution in [3.63, 3.8) is 0 Å². The zero-order valence-corrected chi connectivity index (χ0v) is 17.0. The van der Waals surface area contributed by atoms with Gasteiger partial charge in [-0.15, -0.1) is 0 Å². The molecule has 0 spiro atoms. The molecule has 0 aliphatic heterocycles. The Hall–Kier alpha value is -2.94. The van der Waals surface area contributed by atoms with Gasteiger partial charge in [0.1, 0.15) is 34.2 Å². The lowest BCUT2D eigenvalue weighted by Crippen LogP contribution is -2.24. The molecule has 0 unspecified atom stereocenters. The summed E-state index contributed by atoms with van der Waals surface area (Å²) in [5.74, 6) is -2.27. The van der Waals surface area contributed by atoms with Gasteiger partial charge in [-0.3, -0.25) is 4.79 Å². The fourth-order valence-corrected chi connectivity index (χ4v) is 3.25. The van der Waals surface area contributed by atoms with Gasteiger partial charge in [0.05, 0.1) is 6.54 Å². The molecule has 152 valence electrons. The van der Waals surface area contributed by atoms with E-state index >= 15 is 0 Å². The van der Waals surface area contributed by atoms with E-state index in [0.29, 0.717) is 17.0 Å². The molecule has 0 fully saturated rings. The number of nitrogens with zero attached hydrogens (tertiary/aromatic N) is 1. The molecule has 0 radical (unpaired) electrons. The number of aromatic carboxylic acids is 1. The van der Waals surface area contributed by atoms with Crippen LogP contribution in [-0.2, 0) is 13.2 Å². The van der Waals surface area contributed by atoms with Gasteiger partial charge in [-0.25, -0.2) is 13.6 Å². The van der Waals surface area contributed by atoms with Crippen LogP contribution in [0.1, 0.15) is 33.1 Å². The quantitative estimate of drug-likeness (QED) is 0.579. The molecule has 29 heavy (non-hydrogen) atoms. The van der Waals surface area contributed by atoms with Crippen molar-refractivity contribution in [2.24, 2.45) is 0 Å². The number of hydrogen-bond donors (Lipinski definition) is 1. The molecule has 9 heteroatoms. The summed E-state index contributed by atoms with van der Waals surface area (Å²) in [6.45, 7) is 3.12. The highest BCUT2D eigenvalue weighted by molar-refractivity contribution is 9.10. The van der Waals surface area contributed by atoms with Crippen LogP contribution in [0.4, 0.5) is 8.78 Å². The Bertz CT molecular complexity index is 1150. The lowest BCUT2D eigenvalue weighted by Gasteiger charge is -2.14. The Morgan fingerprint density at radius 3 is 2.59 bits per heavy atom. The fourth-order valence-electron chi connectivity index (χ4n) is 2.80. The van der Waals surface area contributed by atoms with Crippen molar-refractivity contribution >= 4 is 21.9 Å². The summed E-state index contributed by atoms with van der Waals surface area (Å²) in [6.07, 6.45) is 0.